The first-order chi connectivity index (χ1) is 17.9. The van der Waals surface area contributed by atoms with E-state index < -0.39 is 23.1 Å². The van der Waals surface area contributed by atoms with E-state index in [4.69, 9.17) is 14.2 Å². The third-order valence-corrected chi connectivity index (χ3v) is 6.29. The molecule has 1 amide bonds. The molecule has 3 aromatic carbocycles. The summed E-state index contributed by atoms with van der Waals surface area (Å²) in [6.45, 7) is 1.45. The van der Waals surface area contributed by atoms with E-state index in [2.05, 4.69) is 5.32 Å². The van der Waals surface area contributed by atoms with Gasteiger partial charge in [-0.15, -0.1) is 0 Å². The summed E-state index contributed by atoms with van der Waals surface area (Å²) >= 11 is 0.918. The maximum absolute atomic E-state index is 14.5. The molecule has 37 heavy (non-hydrogen) atoms. The van der Waals surface area contributed by atoms with Crippen LogP contribution in [0.5, 0.6) is 5.75 Å². The SMILES string of the molecule is CNC(=O)C(Cc1ccc(OCC(OCOC(=O)c2cccc(C)c2)c2ccccc2F)cc1)SC=O. The Morgan fingerprint density at radius 3 is 2.49 bits per heavy atom. The zero-order chi connectivity index (χ0) is 26.6. The van der Waals surface area contributed by atoms with Crippen LogP contribution < -0.4 is 10.1 Å². The molecule has 0 aliphatic rings. The minimum atomic E-state index is -0.840. The highest BCUT2D eigenvalue weighted by atomic mass is 32.2. The van der Waals surface area contributed by atoms with Crippen LogP contribution in [0, 0.1) is 12.7 Å². The van der Waals surface area contributed by atoms with E-state index in [0.717, 1.165) is 22.9 Å². The maximum Gasteiger partial charge on any atom is 0.340 e. The number of hydrogen-bond acceptors (Lipinski definition) is 7. The molecule has 0 saturated heterocycles. The summed E-state index contributed by atoms with van der Waals surface area (Å²) < 4.78 is 31.3. The molecule has 3 rings (SSSR count). The summed E-state index contributed by atoms with van der Waals surface area (Å²) in [5.74, 6) is -0.741. The van der Waals surface area contributed by atoms with Crippen LogP contribution in [-0.2, 0) is 25.5 Å². The van der Waals surface area contributed by atoms with E-state index in [1.165, 1.54) is 13.1 Å². The van der Waals surface area contributed by atoms with Gasteiger partial charge in [-0.05, 0) is 49.2 Å². The monoisotopic (exact) mass is 525 g/mol. The molecule has 0 heterocycles. The summed E-state index contributed by atoms with van der Waals surface area (Å²) in [4.78, 5) is 35.1. The van der Waals surface area contributed by atoms with Crippen molar-refractivity contribution >= 4 is 29.3 Å². The van der Waals surface area contributed by atoms with E-state index in [0.29, 0.717) is 23.4 Å². The minimum Gasteiger partial charge on any atom is -0.491 e. The molecule has 3 aromatic rings. The highest BCUT2D eigenvalue weighted by Crippen LogP contribution is 2.24. The van der Waals surface area contributed by atoms with E-state index >= 15 is 0 Å². The molecule has 0 saturated carbocycles. The van der Waals surface area contributed by atoms with Crippen LogP contribution in [0.2, 0.25) is 0 Å². The first-order valence-corrected chi connectivity index (χ1v) is 12.5. The highest BCUT2D eigenvalue weighted by molar-refractivity contribution is 8.13. The Bertz CT molecular complexity index is 1200. The van der Waals surface area contributed by atoms with Crippen LogP contribution in [-0.4, -0.2) is 43.2 Å². The number of aryl methyl sites for hydroxylation is 1. The summed E-state index contributed by atoms with van der Waals surface area (Å²) in [7, 11) is 1.52. The van der Waals surface area contributed by atoms with Crippen molar-refractivity contribution in [2.45, 2.75) is 24.7 Å². The van der Waals surface area contributed by atoms with E-state index in [1.807, 2.05) is 13.0 Å². The maximum atomic E-state index is 14.5. The van der Waals surface area contributed by atoms with Crippen molar-refractivity contribution < 1.29 is 33.0 Å². The van der Waals surface area contributed by atoms with Gasteiger partial charge < -0.3 is 19.5 Å². The second kappa shape index (κ2) is 14.2. The standard InChI is InChI=1S/C28H28FNO6S/c1-19-6-5-7-21(14-19)28(33)36-18-35-25(23-8-3-4-9-24(23)29)16-34-22-12-10-20(11-13-22)15-26(37-17-31)27(32)30-2/h3-14,17,25-26H,15-16,18H2,1-2H3,(H,30,32). The number of halogens is 1. The second-order valence-electron chi connectivity index (χ2n) is 8.09. The van der Waals surface area contributed by atoms with Crippen LogP contribution in [0.3, 0.4) is 0 Å². The summed E-state index contributed by atoms with van der Waals surface area (Å²) in [5, 5.41) is 2.02. The first-order valence-electron chi connectivity index (χ1n) is 11.5. The Morgan fingerprint density at radius 2 is 1.81 bits per heavy atom. The number of carbonyl (C=O) groups excluding carboxylic acids is 3. The van der Waals surface area contributed by atoms with E-state index in [9.17, 15) is 18.8 Å². The lowest BCUT2D eigenvalue weighted by Crippen LogP contribution is -2.31. The third kappa shape index (κ3) is 8.44. The van der Waals surface area contributed by atoms with E-state index in [1.54, 1.807) is 60.7 Å². The molecular weight excluding hydrogens is 497 g/mol. The molecule has 0 bridgehead atoms. The zero-order valence-electron chi connectivity index (χ0n) is 20.5. The fraction of sp³-hybridized carbons (Fsp3) is 0.250. The predicted molar refractivity (Wildman–Crippen MR) is 140 cm³/mol. The molecule has 2 unspecified atom stereocenters. The van der Waals surface area contributed by atoms with E-state index in [-0.39, 0.29) is 24.9 Å². The molecule has 0 aliphatic carbocycles. The van der Waals surface area contributed by atoms with Crippen LogP contribution in [0.25, 0.3) is 0 Å². The fourth-order valence-corrected chi connectivity index (χ4v) is 4.19. The fourth-order valence-electron chi connectivity index (χ4n) is 3.53. The van der Waals surface area contributed by atoms with Gasteiger partial charge in [0.05, 0.1) is 10.8 Å². The number of ether oxygens (including phenoxy) is 3. The van der Waals surface area contributed by atoms with Crippen molar-refractivity contribution in [2.75, 3.05) is 20.4 Å². The van der Waals surface area contributed by atoms with Gasteiger partial charge in [0.25, 0.3) is 0 Å². The molecule has 2 atom stereocenters. The summed E-state index contributed by atoms with van der Waals surface area (Å²) in [6.07, 6.45) is -0.468. The van der Waals surface area contributed by atoms with Crippen LogP contribution >= 0.6 is 11.8 Å². The van der Waals surface area contributed by atoms with Crippen LogP contribution in [0.4, 0.5) is 4.39 Å². The Balaban J connectivity index is 1.62. The molecule has 9 heteroatoms. The number of nitrogens with one attached hydrogen (secondary N) is 1. The number of thioether (sulfide) groups is 1. The number of esters is 1. The van der Waals surface area contributed by atoms with Crippen LogP contribution in [0.1, 0.15) is 33.2 Å². The predicted octanol–water partition coefficient (Wildman–Crippen LogP) is 4.67. The molecule has 194 valence electrons. The number of benzene rings is 3. The molecular formula is C28H28FNO6S. The van der Waals surface area contributed by atoms with Gasteiger partial charge in [-0.2, -0.15) is 0 Å². The normalized spacial score (nSPS) is 12.3. The Labute approximate surface area is 219 Å². The Morgan fingerprint density at radius 1 is 1.05 bits per heavy atom. The number of rotatable bonds is 13. The largest absolute Gasteiger partial charge is 0.491 e. The Kier molecular flexibility index (Phi) is 10.7. The molecule has 0 aliphatic heterocycles. The Hall–Kier alpha value is -3.69. The van der Waals surface area contributed by atoms with Gasteiger partial charge in [0.2, 0.25) is 5.91 Å². The van der Waals surface area contributed by atoms with Crippen molar-refractivity contribution in [2.24, 2.45) is 0 Å². The average Bonchev–Trinajstić information content (AvgIpc) is 2.91. The molecule has 0 aromatic heterocycles. The third-order valence-electron chi connectivity index (χ3n) is 5.47. The van der Waals surface area contributed by atoms with Crippen molar-refractivity contribution in [3.63, 3.8) is 0 Å². The van der Waals surface area contributed by atoms with Gasteiger partial charge in [0, 0.05) is 12.6 Å². The van der Waals surface area contributed by atoms with Crippen molar-refractivity contribution in [3.05, 3.63) is 101 Å². The quantitative estimate of drug-likeness (QED) is 0.197. The highest BCUT2D eigenvalue weighted by Gasteiger charge is 2.20. The number of carbonyl (C=O) groups is 3. The smallest absolute Gasteiger partial charge is 0.340 e. The number of hydrogen-bond donors (Lipinski definition) is 1. The molecule has 1 N–H and O–H groups in total. The van der Waals surface area contributed by atoms with Gasteiger partial charge in [0.1, 0.15) is 24.3 Å². The zero-order valence-corrected chi connectivity index (χ0v) is 21.3. The van der Waals surface area contributed by atoms with Gasteiger partial charge in [-0.3, -0.25) is 9.59 Å². The second-order valence-corrected chi connectivity index (χ2v) is 9.12. The van der Waals surface area contributed by atoms with Gasteiger partial charge in [0.15, 0.2) is 12.4 Å². The lowest BCUT2D eigenvalue weighted by Gasteiger charge is -2.20. The summed E-state index contributed by atoms with van der Waals surface area (Å²) in [6, 6.07) is 20.2. The van der Waals surface area contributed by atoms with Gasteiger partial charge >= 0.3 is 5.97 Å². The van der Waals surface area contributed by atoms with Crippen LogP contribution in [0.15, 0.2) is 72.8 Å². The molecule has 0 radical (unpaired) electrons. The first kappa shape index (κ1) is 27.9. The lowest BCUT2D eigenvalue weighted by atomic mass is 10.1. The molecule has 7 nitrogen and oxygen atoms in total. The van der Waals surface area contributed by atoms with Crippen molar-refractivity contribution in [1.29, 1.82) is 0 Å². The van der Waals surface area contributed by atoms with Crippen molar-refractivity contribution in [1.82, 2.24) is 5.32 Å². The van der Waals surface area contributed by atoms with Crippen molar-refractivity contribution in [3.8, 4) is 5.75 Å². The topological polar surface area (TPSA) is 90.9 Å². The molecule has 0 spiro atoms. The lowest BCUT2D eigenvalue weighted by molar-refractivity contribution is -0.120. The van der Waals surface area contributed by atoms with Gasteiger partial charge in [-0.1, -0.05) is 59.8 Å². The molecule has 0 fully saturated rings. The number of amides is 1. The average molecular weight is 526 g/mol. The summed E-state index contributed by atoms with van der Waals surface area (Å²) in [5.41, 5.74) is 3.09. The minimum absolute atomic E-state index is 0.0376. The van der Waals surface area contributed by atoms with Gasteiger partial charge in [-0.25, -0.2) is 9.18 Å².